The zero-order chi connectivity index (χ0) is 12.5. The zero-order valence-electron chi connectivity index (χ0n) is 11.1. The zero-order valence-corrected chi connectivity index (χ0v) is 11.1. The quantitative estimate of drug-likeness (QED) is 0.666. The molecule has 90 valence electrons. The first-order valence-corrected chi connectivity index (χ1v) is 6.10. The van der Waals surface area contributed by atoms with Crippen molar-refractivity contribution in [2.45, 2.75) is 34.1 Å². The number of hydrogen-bond donors (Lipinski definition) is 0. The smallest absolute Gasteiger partial charge is 0.126 e. The molecule has 0 atom stereocenters. The normalized spacial score (nSPS) is 21.1. The van der Waals surface area contributed by atoms with Crippen molar-refractivity contribution in [3.63, 3.8) is 0 Å². The van der Waals surface area contributed by atoms with Crippen LogP contribution in [0.3, 0.4) is 0 Å². The van der Waals surface area contributed by atoms with Crippen molar-refractivity contribution >= 4 is 0 Å². The number of rotatable bonds is 2. The maximum Gasteiger partial charge on any atom is 0.126 e. The van der Waals surface area contributed by atoms with Crippen LogP contribution in [0, 0.1) is 5.41 Å². The first kappa shape index (κ1) is 12.0. The molecule has 0 N–H and O–H groups in total. The summed E-state index contributed by atoms with van der Waals surface area (Å²) in [6, 6.07) is 9.92. The van der Waals surface area contributed by atoms with Crippen LogP contribution < -0.4 is 4.74 Å². The third kappa shape index (κ3) is 2.44. The lowest BCUT2D eigenvalue weighted by atomic mass is 9.86. The molecule has 0 radical (unpaired) electrons. The number of benzene rings is 1. The summed E-state index contributed by atoms with van der Waals surface area (Å²) in [4.78, 5) is 0. The summed E-state index contributed by atoms with van der Waals surface area (Å²) in [5.74, 6) is 0.898. The van der Waals surface area contributed by atoms with E-state index >= 15 is 0 Å². The highest BCUT2D eigenvalue weighted by atomic mass is 16.5. The average Bonchev–Trinajstić information content (AvgIpc) is 2.52. The highest BCUT2D eigenvalue weighted by Crippen LogP contribution is 2.44. The molecule has 17 heavy (non-hydrogen) atoms. The van der Waals surface area contributed by atoms with E-state index in [-0.39, 0.29) is 5.41 Å². The van der Waals surface area contributed by atoms with Crippen molar-refractivity contribution in [1.82, 2.24) is 0 Å². The van der Waals surface area contributed by atoms with Gasteiger partial charge in [0.25, 0.3) is 0 Å². The fraction of sp³-hybridized carbons (Fsp3) is 0.375. The molecule has 2 rings (SSSR count). The van der Waals surface area contributed by atoms with Crippen molar-refractivity contribution in [3.8, 4) is 5.75 Å². The Morgan fingerprint density at radius 2 is 1.76 bits per heavy atom. The summed E-state index contributed by atoms with van der Waals surface area (Å²) in [7, 11) is 0. The number of hydrogen-bond acceptors (Lipinski definition) is 1. The van der Waals surface area contributed by atoms with E-state index < -0.39 is 0 Å². The van der Waals surface area contributed by atoms with E-state index in [1.807, 2.05) is 36.6 Å². The fourth-order valence-corrected chi connectivity index (χ4v) is 2.26. The Labute approximate surface area is 104 Å². The summed E-state index contributed by atoms with van der Waals surface area (Å²) in [5, 5.41) is 0. The van der Waals surface area contributed by atoms with Crippen LogP contribution in [0.2, 0.25) is 0 Å². The first-order chi connectivity index (χ1) is 8.00. The van der Waals surface area contributed by atoms with Crippen LogP contribution in [0.4, 0.5) is 0 Å². The van der Waals surface area contributed by atoms with Crippen LogP contribution in [0.25, 0.3) is 0 Å². The van der Waals surface area contributed by atoms with Gasteiger partial charge in [-0.25, -0.2) is 0 Å². The Balaban J connectivity index is 2.16. The molecule has 1 nitrogen and oxygen atoms in total. The van der Waals surface area contributed by atoms with Gasteiger partial charge in [0.2, 0.25) is 0 Å². The van der Waals surface area contributed by atoms with E-state index in [2.05, 4.69) is 27.7 Å². The lowest BCUT2D eigenvalue weighted by Crippen LogP contribution is -2.07. The SMILES string of the molecule is CC1=C(C)C(C)(C)CC1=COc1ccccc1. The van der Waals surface area contributed by atoms with Gasteiger partial charge in [-0.2, -0.15) is 0 Å². The number of ether oxygens (including phenoxy) is 1. The molecule has 1 aromatic rings. The molecule has 0 aliphatic heterocycles. The molecule has 0 fully saturated rings. The minimum atomic E-state index is 0.274. The van der Waals surface area contributed by atoms with Gasteiger partial charge in [-0.05, 0) is 49.0 Å². The van der Waals surface area contributed by atoms with E-state index in [1.54, 1.807) is 0 Å². The van der Waals surface area contributed by atoms with E-state index in [4.69, 9.17) is 4.74 Å². The van der Waals surface area contributed by atoms with E-state index in [1.165, 1.54) is 16.7 Å². The Hall–Kier alpha value is -1.50. The molecule has 1 heteroatoms. The van der Waals surface area contributed by atoms with Gasteiger partial charge in [0, 0.05) is 0 Å². The number of allylic oxidation sites excluding steroid dienone is 3. The maximum absolute atomic E-state index is 5.71. The standard InChI is InChI=1S/C16H20O/c1-12-13(2)16(3,4)10-14(12)11-17-15-8-6-5-7-9-15/h5-9,11H,10H2,1-4H3. The minimum absolute atomic E-state index is 0.274. The second kappa shape index (κ2) is 4.40. The lowest BCUT2D eigenvalue weighted by Gasteiger charge is -2.18. The molecule has 1 aliphatic carbocycles. The molecule has 0 amide bonds. The predicted octanol–water partition coefficient (Wildman–Crippen LogP) is 4.72. The topological polar surface area (TPSA) is 9.23 Å². The molecule has 0 aromatic heterocycles. The highest BCUT2D eigenvalue weighted by molar-refractivity contribution is 5.42. The lowest BCUT2D eigenvalue weighted by molar-refractivity contribution is 0.445. The molecule has 0 saturated carbocycles. The predicted molar refractivity (Wildman–Crippen MR) is 71.9 cm³/mol. The van der Waals surface area contributed by atoms with Gasteiger partial charge in [-0.15, -0.1) is 0 Å². The average molecular weight is 228 g/mol. The Morgan fingerprint density at radius 3 is 2.29 bits per heavy atom. The van der Waals surface area contributed by atoms with Crippen molar-refractivity contribution < 1.29 is 4.74 Å². The molecule has 0 unspecified atom stereocenters. The van der Waals surface area contributed by atoms with Gasteiger partial charge >= 0.3 is 0 Å². The monoisotopic (exact) mass is 228 g/mol. The maximum atomic E-state index is 5.71. The van der Waals surface area contributed by atoms with Gasteiger partial charge in [-0.1, -0.05) is 37.6 Å². The van der Waals surface area contributed by atoms with E-state index in [9.17, 15) is 0 Å². The summed E-state index contributed by atoms with van der Waals surface area (Å²) < 4.78 is 5.71. The van der Waals surface area contributed by atoms with Crippen molar-refractivity contribution in [2.75, 3.05) is 0 Å². The second-order valence-electron chi connectivity index (χ2n) is 5.38. The molecule has 0 bridgehead atoms. The molecule has 1 aliphatic rings. The van der Waals surface area contributed by atoms with E-state index in [0.29, 0.717) is 0 Å². The van der Waals surface area contributed by atoms with Crippen LogP contribution >= 0.6 is 0 Å². The largest absolute Gasteiger partial charge is 0.465 e. The van der Waals surface area contributed by atoms with Crippen LogP contribution in [-0.4, -0.2) is 0 Å². The molecule has 0 heterocycles. The fourth-order valence-electron chi connectivity index (χ4n) is 2.26. The second-order valence-corrected chi connectivity index (χ2v) is 5.38. The third-order valence-corrected chi connectivity index (χ3v) is 3.77. The van der Waals surface area contributed by atoms with Crippen molar-refractivity contribution in [3.05, 3.63) is 53.3 Å². The Morgan fingerprint density at radius 1 is 1.12 bits per heavy atom. The van der Waals surface area contributed by atoms with Crippen LogP contribution in [0.15, 0.2) is 53.3 Å². The summed E-state index contributed by atoms with van der Waals surface area (Å²) in [6.07, 6.45) is 2.97. The van der Waals surface area contributed by atoms with Gasteiger partial charge in [0.1, 0.15) is 5.75 Å². The number of para-hydroxylation sites is 1. The molecule has 1 aromatic carbocycles. The summed E-state index contributed by atoms with van der Waals surface area (Å²) in [6.45, 7) is 8.98. The van der Waals surface area contributed by atoms with Gasteiger partial charge < -0.3 is 4.74 Å². The Bertz CT molecular complexity index is 464. The molecule has 0 saturated heterocycles. The van der Waals surface area contributed by atoms with Crippen molar-refractivity contribution in [1.29, 1.82) is 0 Å². The summed E-state index contributed by atoms with van der Waals surface area (Å²) in [5.41, 5.74) is 4.44. The highest BCUT2D eigenvalue weighted by Gasteiger charge is 2.31. The Kier molecular flexibility index (Phi) is 3.10. The molecular weight excluding hydrogens is 208 g/mol. The van der Waals surface area contributed by atoms with Crippen LogP contribution in [0.1, 0.15) is 34.1 Å². The first-order valence-electron chi connectivity index (χ1n) is 6.10. The van der Waals surface area contributed by atoms with Gasteiger partial charge in [0.15, 0.2) is 0 Å². The van der Waals surface area contributed by atoms with Gasteiger partial charge in [0.05, 0.1) is 6.26 Å². The van der Waals surface area contributed by atoms with Gasteiger partial charge in [-0.3, -0.25) is 0 Å². The summed E-state index contributed by atoms with van der Waals surface area (Å²) >= 11 is 0. The van der Waals surface area contributed by atoms with Crippen LogP contribution in [0.5, 0.6) is 5.75 Å². The van der Waals surface area contributed by atoms with Crippen molar-refractivity contribution in [2.24, 2.45) is 5.41 Å². The van der Waals surface area contributed by atoms with E-state index in [0.717, 1.165) is 12.2 Å². The van der Waals surface area contributed by atoms with Crippen LogP contribution in [-0.2, 0) is 0 Å². The minimum Gasteiger partial charge on any atom is -0.465 e. The third-order valence-electron chi connectivity index (χ3n) is 3.77. The molecular formula is C16H20O. The molecule has 0 spiro atoms.